The third-order valence-corrected chi connectivity index (χ3v) is 5.40. The van der Waals surface area contributed by atoms with Crippen LogP contribution in [0.5, 0.6) is 0 Å². The van der Waals surface area contributed by atoms with E-state index in [2.05, 4.69) is 107 Å². The van der Waals surface area contributed by atoms with Crippen LogP contribution >= 0.6 is 0 Å². The summed E-state index contributed by atoms with van der Waals surface area (Å²) >= 11 is 0. The fourth-order valence-corrected chi connectivity index (χ4v) is 3.82. The van der Waals surface area contributed by atoms with E-state index in [9.17, 15) is 0 Å². The minimum Gasteiger partial charge on any atom is -0.247 e. The van der Waals surface area contributed by atoms with Crippen molar-refractivity contribution in [2.75, 3.05) is 0 Å². The summed E-state index contributed by atoms with van der Waals surface area (Å²) in [4.78, 5) is 5.15. The number of pyridine rings is 1. The van der Waals surface area contributed by atoms with E-state index < -0.39 is 0 Å². The van der Waals surface area contributed by atoms with Crippen molar-refractivity contribution in [1.82, 2.24) is 4.98 Å². The summed E-state index contributed by atoms with van der Waals surface area (Å²) in [7, 11) is 0. The fraction of sp³-hybridized carbons (Fsp3) is 0.148. The van der Waals surface area contributed by atoms with Crippen molar-refractivity contribution >= 4 is 0 Å². The number of aromatic nitrogens is 1. The average Bonchev–Trinajstić information content (AvgIpc) is 2.71. The van der Waals surface area contributed by atoms with E-state index in [0.29, 0.717) is 0 Å². The number of aryl methyl sites for hydroxylation is 2. The Kier molecular flexibility index (Phi) is 4.83. The minimum absolute atomic E-state index is 1.05. The van der Waals surface area contributed by atoms with Gasteiger partial charge in [0.25, 0.3) is 0 Å². The van der Waals surface area contributed by atoms with E-state index in [1.807, 2.05) is 0 Å². The molecule has 0 saturated carbocycles. The Morgan fingerprint density at radius 3 is 1.39 bits per heavy atom. The zero-order chi connectivity index (χ0) is 19.7. The van der Waals surface area contributed by atoms with Gasteiger partial charge in [0, 0.05) is 11.1 Å². The summed E-state index contributed by atoms with van der Waals surface area (Å²) in [5.74, 6) is 0. The Morgan fingerprint density at radius 1 is 0.464 bits per heavy atom. The zero-order valence-corrected chi connectivity index (χ0v) is 17.0. The second-order valence-electron chi connectivity index (χ2n) is 7.53. The number of hydrogen-bond donors (Lipinski definition) is 0. The molecule has 1 heteroatoms. The largest absolute Gasteiger partial charge is 0.247 e. The van der Waals surface area contributed by atoms with Crippen LogP contribution in [0, 0.1) is 27.7 Å². The van der Waals surface area contributed by atoms with Gasteiger partial charge in [-0.2, -0.15) is 0 Å². The molecule has 4 aromatic rings. The monoisotopic (exact) mass is 363 g/mol. The highest BCUT2D eigenvalue weighted by Gasteiger charge is 2.18. The lowest BCUT2D eigenvalue weighted by atomic mass is 9.90. The van der Waals surface area contributed by atoms with Gasteiger partial charge in [0.15, 0.2) is 0 Å². The Hall–Kier alpha value is -3.19. The first kappa shape index (κ1) is 18.2. The van der Waals surface area contributed by atoms with Gasteiger partial charge >= 0.3 is 0 Å². The van der Waals surface area contributed by atoms with Crippen LogP contribution in [-0.2, 0) is 0 Å². The molecule has 0 spiro atoms. The molecule has 3 aromatic carbocycles. The summed E-state index contributed by atoms with van der Waals surface area (Å²) in [5, 5.41) is 0. The first-order valence-electron chi connectivity index (χ1n) is 9.75. The molecule has 1 heterocycles. The van der Waals surface area contributed by atoms with Gasteiger partial charge in [-0.1, -0.05) is 90.0 Å². The second kappa shape index (κ2) is 7.44. The molecule has 0 N–H and O–H groups in total. The van der Waals surface area contributed by atoms with E-state index in [-0.39, 0.29) is 0 Å². The highest BCUT2D eigenvalue weighted by molar-refractivity contribution is 5.84. The van der Waals surface area contributed by atoms with Crippen LogP contribution in [0.3, 0.4) is 0 Å². The molecule has 0 saturated heterocycles. The summed E-state index contributed by atoms with van der Waals surface area (Å²) < 4.78 is 0. The summed E-state index contributed by atoms with van der Waals surface area (Å²) in [6.45, 7) is 8.63. The van der Waals surface area contributed by atoms with Crippen molar-refractivity contribution < 1.29 is 0 Å². The molecule has 28 heavy (non-hydrogen) atoms. The summed E-state index contributed by atoms with van der Waals surface area (Å²) in [6.07, 6.45) is 0. The average molecular weight is 364 g/mol. The van der Waals surface area contributed by atoms with E-state index in [1.54, 1.807) is 0 Å². The first-order valence-corrected chi connectivity index (χ1v) is 9.75. The normalized spacial score (nSPS) is 10.9. The van der Waals surface area contributed by atoms with Crippen molar-refractivity contribution in [2.24, 2.45) is 0 Å². The molecule has 0 aliphatic heterocycles. The summed E-state index contributed by atoms with van der Waals surface area (Å²) in [5.41, 5.74) is 11.9. The molecule has 0 amide bonds. The Morgan fingerprint density at radius 2 is 0.893 bits per heavy atom. The third kappa shape index (κ3) is 3.36. The fourth-order valence-electron chi connectivity index (χ4n) is 3.82. The molecule has 138 valence electrons. The molecule has 0 unspecified atom stereocenters. The van der Waals surface area contributed by atoms with Gasteiger partial charge in [0.2, 0.25) is 0 Å². The number of benzene rings is 3. The molecule has 0 aliphatic rings. The maximum absolute atomic E-state index is 5.15. The van der Waals surface area contributed by atoms with Gasteiger partial charge in [0.05, 0.1) is 11.4 Å². The zero-order valence-electron chi connectivity index (χ0n) is 17.0. The lowest BCUT2D eigenvalue weighted by molar-refractivity contribution is 1.22. The molecular formula is C27H25N. The van der Waals surface area contributed by atoms with Crippen molar-refractivity contribution in [3.05, 3.63) is 101 Å². The Bertz CT molecular complexity index is 1110. The molecular weight excluding hydrogens is 338 g/mol. The second-order valence-corrected chi connectivity index (χ2v) is 7.53. The topological polar surface area (TPSA) is 12.9 Å². The van der Waals surface area contributed by atoms with Crippen molar-refractivity contribution in [1.29, 1.82) is 0 Å². The lowest BCUT2D eigenvalue weighted by Crippen LogP contribution is -2.00. The number of nitrogens with zero attached hydrogens (tertiary/aromatic N) is 1. The highest BCUT2D eigenvalue weighted by atomic mass is 14.7. The Balaban J connectivity index is 2.02. The molecule has 0 radical (unpaired) electrons. The molecule has 0 bridgehead atoms. The highest BCUT2D eigenvalue weighted by Crippen LogP contribution is 2.38. The van der Waals surface area contributed by atoms with Gasteiger partial charge < -0.3 is 0 Å². The van der Waals surface area contributed by atoms with Gasteiger partial charge in [0.1, 0.15) is 0 Å². The maximum Gasteiger partial charge on any atom is 0.0745 e. The molecule has 0 fully saturated rings. The van der Waals surface area contributed by atoms with Crippen LogP contribution in [0.15, 0.2) is 78.9 Å². The molecule has 1 nitrogen and oxygen atoms in total. The van der Waals surface area contributed by atoms with Crippen LogP contribution in [0.4, 0.5) is 0 Å². The molecule has 0 atom stereocenters. The van der Waals surface area contributed by atoms with Crippen LogP contribution in [0.1, 0.15) is 22.3 Å². The van der Waals surface area contributed by atoms with Crippen molar-refractivity contribution in [3.63, 3.8) is 0 Å². The van der Waals surface area contributed by atoms with Crippen molar-refractivity contribution in [3.8, 4) is 33.6 Å². The van der Waals surface area contributed by atoms with Gasteiger partial charge in [-0.05, 0) is 49.9 Å². The van der Waals surface area contributed by atoms with E-state index in [0.717, 1.165) is 22.5 Å². The van der Waals surface area contributed by atoms with E-state index in [1.165, 1.54) is 33.4 Å². The standard InChI is InChI=1S/C27H25N/c1-18-10-14-22(15-11-18)25-20(3)26(23-8-6-5-7-9-23)28-27(21(25)4)24-16-12-19(2)13-17-24/h5-17H,1-4H3. The minimum atomic E-state index is 1.05. The number of hydrogen-bond acceptors (Lipinski definition) is 1. The van der Waals surface area contributed by atoms with E-state index >= 15 is 0 Å². The van der Waals surface area contributed by atoms with Crippen LogP contribution < -0.4 is 0 Å². The predicted octanol–water partition coefficient (Wildman–Crippen LogP) is 7.32. The molecule has 0 aliphatic carbocycles. The first-order chi connectivity index (χ1) is 13.5. The van der Waals surface area contributed by atoms with Crippen LogP contribution in [0.25, 0.3) is 33.6 Å². The van der Waals surface area contributed by atoms with Crippen molar-refractivity contribution in [2.45, 2.75) is 27.7 Å². The van der Waals surface area contributed by atoms with Crippen LogP contribution in [-0.4, -0.2) is 4.98 Å². The molecule has 1 aromatic heterocycles. The van der Waals surface area contributed by atoms with Gasteiger partial charge in [-0.25, -0.2) is 4.98 Å². The Labute approximate surface area is 167 Å². The summed E-state index contributed by atoms with van der Waals surface area (Å²) in [6, 6.07) is 28.0. The molecule has 4 rings (SSSR count). The lowest BCUT2D eigenvalue weighted by Gasteiger charge is -2.19. The maximum atomic E-state index is 5.15. The van der Waals surface area contributed by atoms with Gasteiger partial charge in [-0.15, -0.1) is 0 Å². The van der Waals surface area contributed by atoms with Gasteiger partial charge in [-0.3, -0.25) is 0 Å². The predicted molar refractivity (Wildman–Crippen MR) is 119 cm³/mol. The number of rotatable bonds is 3. The van der Waals surface area contributed by atoms with E-state index in [4.69, 9.17) is 4.98 Å². The third-order valence-electron chi connectivity index (χ3n) is 5.40. The van der Waals surface area contributed by atoms with Crippen LogP contribution in [0.2, 0.25) is 0 Å². The quantitative estimate of drug-likeness (QED) is 0.372. The SMILES string of the molecule is Cc1ccc(-c2nc(-c3ccccc3)c(C)c(-c3ccc(C)cc3)c2C)cc1. The smallest absolute Gasteiger partial charge is 0.0745 e.